The molecule has 0 amide bonds. The fraction of sp³-hybridized carbons (Fsp3) is 0.385. The minimum atomic E-state index is 0.959. The monoisotopic (exact) mass is 187 g/mol. The van der Waals surface area contributed by atoms with E-state index in [1.54, 1.807) is 0 Å². The van der Waals surface area contributed by atoms with Gasteiger partial charge in [-0.3, -0.25) is 0 Å². The summed E-state index contributed by atoms with van der Waals surface area (Å²) in [5, 5.41) is 0. The Hall–Kier alpha value is -1.24. The van der Waals surface area contributed by atoms with E-state index >= 15 is 0 Å². The van der Waals surface area contributed by atoms with Crippen molar-refractivity contribution >= 4 is 11.3 Å². The maximum atomic E-state index is 6.07. The Morgan fingerprint density at radius 3 is 2.79 bits per heavy atom. The second kappa shape index (κ2) is 3.87. The van der Waals surface area contributed by atoms with Crippen LogP contribution < -0.4 is 5.73 Å². The van der Waals surface area contributed by atoms with Crippen molar-refractivity contribution in [2.75, 3.05) is 5.73 Å². The van der Waals surface area contributed by atoms with Crippen molar-refractivity contribution in [1.29, 1.82) is 0 Å². The maximum Gasteiger partial charge on any atom is 0.0420 e. The van der Waals surface area contributed by atoms with E-state index in [0.29, 0.717) is 0 Å². The third-order valence-electron chi connectivity index (χ3n) is 2.96. The van der Waals surface area contributed by atoms with Gasteiger partial charge >= 0.3 is 0 Å². The van der Waals surface area contributed by atoms with Gasteiger partial charge in [0.25, 0.3) is 0 Å². The number of rotatable bonds is 1. The van der Waals surface area contributed by atoms with Crippen molar-refractivity contribution in [3.8, 4) is 0 Å². The van der Waals surface area contributed by atoms with Crippen LogP contribution in [-0.2, 0) is 0 Å². The maximum absolute atomic E-state index is 6.07. The van der Waals surface area contributed by atoms with Gasteiger partial charge in [0.05, 0.1) is 0 Å². The highest BCUT2D eigenvalue weighted by molar-refractivity contribution is 5.77. The number of nitrogen functional groups attached to an aromatic ring is 1. The van der Waals surface area contributed by atoms with Crippen LogP contribution in [0.2, 0.25) is 0 Å². The zero-order valence-corrected chi connectivity index (χ0v) is 8.72. The van der Waals surface area contributed by atoms with Crippen molar-refractivity contribution in [1.82, 2.24) is 0 Å². The molecular weight excluding hydrogens is 170 g/mol. The van der Waals surface area contributed by atoms with E-state index in [4.69, 9.17) is 5.73 Å². The molecule has 1 aromatic carbocycles. The largest absolute Gasteiger partial charge is 0.398 e. The number of nitrogens with two attached hydrogens (primary N) is 1. The number of aryl methyl sites for hydroxylation is 1. The van der Waals surface area contributed by atoms with Crippen LogP contribution in [0.25, 0.3) is 5.57 Å². The number of benzene rings is 1. The smallest absolute Gasteiger partial charge is 0.0420 e. The molecule has 0 aliphatic heterocycles. The van der Waals surface area contributed by atoms with Gasteiger partial charge in [-0.15, -0.1) is 0 Å². The number of anilines is 1. The normalized spacial score (nSPS) is 16.5. The van der Waals surface area contributed by atoms with E-state index < -0.39 is 0 Å². The van der Waals surface area contributed by atoms with E-state index in [2.05, 4.69) is 31.2 Å². The summed E-state index contributed by atoms with van der Waals surface area (Å²) in [4.78, 5) is 0. The number of para-hydroxylation sites is 1. The molecule has 14 heavy (non-hydrogen) atoms. The number of hydrogen-bond acceptors (Lipinski definition) is 1. The summed E-state index contributed by atoms with van der Waals surface area (Å²) in [6, 6.07) is 6.30. The van der Waals surface area contributed by atoms with Gasteiger partial charge < -0.3 is 5.73 Å². The summed E-state index contributed by atoms with van der Waals surface area (Å²) < 4.78 is 0. The highest BCUT2D eigenvalue weighted by Crippen LogP contribution is 2.31. The molecule has 1 nitrogen and oxygen atoms in total. The number of hydrogen-bond donors (Lipinski definition) is 1. The van der Waals surface area contributed by atoms with Crippen molar-refractivity contribution in [3.63, 3.8) is 0 Å². The molecule has 0 bridgehead atoms. The SMILES string of the molecule is Cc1cccc(C2=CCCCC2)c1N. The van der Waals surface area contributed by atoms with Crippen molar-refractivity contribution in [2.24, 2.45) is 0 Å². The lowest BCUT2D eigenvalue weighted by atomic mass is 9.92. The van der Waals surface area contributed by atoms with Gasteiger partial charge in [0.15, 0.2) is 0 Å². The van der Waals surface area contributed by atoms with Crippen molar-refractivity contribution < 1.29 is 0 Å². The van der Waals surface area contributed by atoms with Gasteiger partial charge in [-0.05, 0) is 43.7 Å². The van der Waals surface area contributed by atoms with Crippen LogP contribution in [0.4, 0.5) is 5.69 Å². The Labute approximate surface area is 85.6 Å². The Balaban J connectivity index is 2.40. The summed E-state index contributed by atoms with van der Waals surface area (Å²) in [5.74, 6) is 0. The molecule has 0 radical (unpaired) electrons. The Morgan fingerprint density at radius 2 is 2.07 bits per heavy atom. The van der Waals surface area contributed by atoms with Crippen molar-refractivity contribution in [2.45, 2.75) is 32.6 Å². The molecule has 0 atom stereocenters. The zero-order valence-electron chi connectivity index (χ0n) is 8.72. The fourth-order valence-electron chi connectivity index (χ4n) is 2.04. The third-order valence-corrected chi connectivity index (χ3v) is 2.96. The van der Waals surface area contributed by atoms with Gasteiger partial charge in [-0.2, -0.15) is 0 Å². The standard InChI is InChI=1S/C13H17N/c1-10-6-5-9-12(13(10)14)11-7-3-2-4-8-11/h5-7,9H,2-4,8,14H2,1H3. The average molecular weight is 187 g/mol. The summed E-state index contributed by atoms with van der Waals surface area (Å²) >= 11 is 0. The van der Waals surface area contributed by atoms with Crippen LogP contribution >= 0.6 is 0 Å². The van der Waals surface area contributed by atoms with Crippen LogP contribution in [0.1, 0.15) is 36.8 Å². The molecule has 0 spiro atoms. The Bertz CT molecular complexity index is 363. The molecule has 0 aromatic heterocycles. The minimum absolute atomic E-state index is 0.959. The molecule has 0 saturated heterocycles. The lowest BCUT2D eigenvalue weighted by molar-refractivity contribution is 0.742. The Kier molecular flexibility index (Phi) is 2.58. The minimum Gasteiger partial charge on any atom is -0.398 e. The molecule has 0 fully saturated rings. The molecule has 1 aliphatic carbocycles. The zero-order chi connectivity index (χ0) is 9.97. The van der Waals surface area contributed by atoms with E-state index in [1.807, 2.05) is 0 Å². The highest BCUT2D eigenvalue weighted by Gasteiger charge is 2.09. The van der Waals surface area contributed by atoms with E-state index in [1.165, 1.54) is 42.4 Å². The van der Waals surface area contributed by atoms with Gasteiger partial charge in [0, 0.05) is 11.3 Å². The average Bonchev–Trinajstić information content (AvgIpc) is 2.23. The van der Waals surface area contributed by atoms with Crippen molar-refractivity contribution in [3.05, 3.63) is 35.4 Å². The Morgan fingerprint density at radius 1 is 1.21 bits per heavy atom. The van der Waals surface area contributed by atoms with Gasteiger partial charge in [0.1, 0.15) is 0 Å². The van der Waals surface area contributed by atoms with E-state index in [0.717, 1.165) is 5.69 Å². The van der Waals surface area contributed by atoms with Gasteiger partial charge in [-0.25, -0.2) is 0 Å². The lowest BCUT2D eigenvalue weighted by Crippen LogP contribution is -1.99. The topological polar surface area (TPSA) is 26.0 Å². The van der Waals surface area contributed by atoms with Crippen LogP contribution in [0, 0.1) is 6.92 Å². The molecule has 1 aromatic rings. The second-order valence-corrected chi connectivity index (χ2v) is 4.01. The van der Waals surface area contributed by atoms with Gasteiger partial charge in [-0.1, -0.05) is 24.3 Å². The van der Waals surface area contributed by atoms with E-state index in [-0.39, 0.29) is 0 Å². The molecule has 0 unspecified atom stereocenters. The first-order valence-corrected chi connectivity index (χ1v) is 5.33. The first kappa shape index (κ1) is 9.32. The summed E-state index contributed by atoms with van der Waals surface area (Å²) in [6.45, 7) is 2.07. The fourth-order valence-corrected chi connectivity index (χ4v) is 2.04. The van der Waals surface area contributed by atoms with E-state index in [9.17, 15) is 0 Å². The summed E-state index contributed by atoms with van der Waals surface area (Å²) in [5.41, 5.74) is 10.9. The molecule has 1 aliphatic rings. The predicted molar refractivity (Wildman–Crippen MR) is 62.0 cm³/mol. The first-order valence-electron chi connectivity index (χ1n) is 5.33. The second-order valence-electron chi connectivity index (χ2n) is 4.01. The third kappa shape index (κ3) is 1.67. The molecule has 0 heterocycles. The summed E-state index contributed by atoms with van der Waals surface area (Å²) in [7, 11) is 0. The van der Waals surface area contributed by atoms with Crippen LogP contribution in [0.3, 0.4) is 0 Å². The van der Waals surface area contributed by atoms with Crippen LogP contribution in [0.15, 0.2) is 24.3 Å². The quantitative estimate of drug-likeness (QED) is 0.669. The van der Waals surface area contributed by atoms with Gasteiger partial charge in [0.2, 0.25) is 0 Å². The summed E-state index contributed by atoms with van der Waals surface area (Å²) in [6.07, 6.45) is 7.37. The molecule has 0 saturated carbocycles. The molecular formula is C13H17N. The molecule has 2 rings (SSSR count). The number of allylic oxidation sites excluding steroid dienone is 2. The van der Waals surface area contributed by atoms with Crippen LogP contribution in [0.5, 0.6) is 0 Å². The highest BCUT2D eigenvalue weighted by atomic mass is 14.6. The first-order chi connectivity index (χ1) is 6.79. The molecule has 74 valence electrons. The van der Waals surface area contributed by atoms with Crippen LogP contribution in [-0.4, -0.2) is 0 Å². The lowest BCUT2D eigenvalue weighted by Gasteiger charge is -2.15. The predicted octanol–water partition coefficient (Wildman–Crippen LogP) is 3.53. The molecule has 2 N–H and O–H groups in total. The molecule has 1 heteroatoms.